The second-order valence-electron chi connectivity index (χ2n) is 8.80. The van der Waals surface area contributed by atoms with Gasteiger partial charge in [-0.25, -0.2) is 14.2 Å². The first-order valence-corrected chi connectivity index (χ1v) is 9.78. The van der Waals surface area contributed by atoms with Crippen LogP contribution in [0, 0.1) is 17.2 Å². The lowest BCUT2D eigenvalue weighted by Crippen LogP contribution is -2.62. The van der Waals surface area contributed by atoms with Crippen LogP contribution in [-0.4, -0.2) is 39.8 Å². The predicted molar refractivity (Wildman–Crippen MR) is 102 cm³/mol. The molecule has 0 aromatic carbocycles. The Kier molecular flexibility index (Phi) is 3.62. The first kappa shape index (κ1) is 17.6. The van der Waals surface area contributed by atoms with Gasteiger partial charge in [0.25, 0.3) is 0 Å². The van der Waals surface area contributed by atoms with Crippen molar-refractivity contribution < 1.29 is 14.3 Å². The molecule has 2 aliphatic carbocycles. The molecule has 0 amide bonds. The first-order valence-electron chi connectivity index (χ1n) is 9.78. The Morgan fingerprint density at radius 1 is 1.43 bits per heavy atom. The quantitative estimate of drug-likeness (QED) is 0.838. The zero-order valence-corrected chi connectivity index (χ0v) is 15.7. The summed E-state index contributed by atoms with van der Waals surface area (Å²) in [5, 5.41) is 9.36. The number of pyridine rings is 2. The van der Waals surface area contributed by atoms with Crippen LogP contribution in [-0.2, 0) is 0 Å². The van der Waals surface area contributed by atoms with Gasteiger partial charge < -0.3 is 20.3 Å². The molecule has 2 aromatic heterocycles. The Labute approximate surface area is 161 Å². The Balaban J connectivity index is 1.62. The van der Waals surface area contributed by atoms with Gasteiger partial charge in [0, 0.05) is 31.4 Å². The average Bonchev–Trinajstić information content (AvgIpc) is 3.46. The fourth-order valence-electron chi connectivity index (χ4n) is 4.99. The van der Waals surface area contributed by atoms with Crippen molar-refractivity contribution in [2.45, 2.75) is 44.7 Å². The standard InChI is InChI=1S/C20H23FN4O3/c1-20-4-5-24(9-13(20)15(22)7-20)18-14(21)6-11-16(26)12(19(27)28)8-25(10-2-3-10)17(11)23-18/h6,8,10,13,15H,2-5,7,9,22H2,1H3,(H,27,28). The molecular formula is C20H23FN4O3. The number of nitrogens with two attached hydrogens (primary N) is 1. The summed E-state index contributed by atoms with van der Waals surface area (Å²) in [6.45, 7) is 3.57. The van der Waals surface area contributed by atoms with Gasteiger partial charge in [-0.1, -0.05) is 6.92 Å². The van der Waals surface area contributed by atoms with Crippen molar-refractivity contribution in [1.82, 2.24) is 9.55 Å². The van der Waals surface area contributed by atoms with Crippen LogP contribution in [0.15, 0.2) is 17.1 Å². The molecule has 1 aliphatic heterocycles. The molecule has 0 spiro atoms. The first-order chi connectivity index (χ1) is 13.3. The van der Waals surface area contributed by atoms with E-state index in [1.165, 1.54) is 6.20 Å². The molecule has 7 nitrogen and oxygen atoms in total. The van der Waals surface area contributed by atoms with E-state index < -0.39 is 17.2 Å². The Morgan fingerprint density at radius 2 is 2.18 bits per heavy atom. The zero-order chi connectivity index (χ0) is 19.8. The summed E-state index contributed by atoms with van der Waals surface area (Å²) >= 11 is 0. The fraction of sp³-hybridized carbons (Fsp3) is 0.550. The van der Waals surface area contributed by atoms with Gasteiger partial charge in [0.15, 0.2) is 11.6 Å². The number of carboxylic acid groups (broad SMARTS) is 1. The van der Waals surface area contributed by atoms with E-state index >= 15 is 0 Å². The normalized spacial score (nSPS) is 29.5. The fourth-order valence-corrected chi connectivity index (χ4v) is 4.99. The van der Waals surface area contributed by atoms with E-state index in [-0.39, 0.29) is 34.3 Å². The van der Waals surface area contributed by atoms with Crippen LogP contribution in [0.4, 0.5) is 10.2 Å². The van der Waals surface area contributed by atoms with Gasteiger partial charge in [-0.05, 0) is 43.1 Å². The van der Waals surface area contributed by atoms with Crippen LogP contribution in [0.5, 0.6) is 0 Å². The zero-order valence-electron chi connectivity index (χ0n) is 15.7. The van der Waals surface area contributed by atoms with Crippen molar-refractivity contribution in [3.63, 3.8) is 0 Å². The van der Waals surface area contributed by atoms with E-state index in [1.807, 2.05) is 4.90 Å². The van der Waals surface area contributed by atoms with Gasteiger partial charge in [-0.15, -0.1) is 0 Å². The Bertz CT molecular complexity index is 1060. The molecule has 148 valence electrons. The van der Waals surface area contributed by atoms with Crippen molar-refractivity contribution >= 4 is 22.8 Å². The van der Waals surface area contributed by atoms with Crippen LogP contribution >= 0.6 is 0 Å². The van der Waals surface area contributed by atoms with Gasteiger partial charge >= 0.3 is 5.97 Å². The second kappa shape index (κ2) is 5.76. The number of fused-ring (bicyclic) bond motifs is 2. The smallest absolute Gasteiger partial charge is 0.341 e. The Morgan fingerprint density at radius 3 is 2.82 bits per heavy atom. The summed E-state index contributed by atoms with van der Waals surface area (Å²) in [5.41, 5.74) is 5.73. The van der Waals surface area contributed by atoms with E-state index in [4.69, 9.17) is 5.73 Å². The summed E-state index contributed by atoms with van der Waals surface area (Å²) in [4.78, 5) is 30.5. The summed E-state index contributed by atoms with van der Waals surface area (Å²) < 4.78 is 16.7. The summed E-state index contributed by atoms with van der Waals surface area (Å²) in [6.07, 6.45) is 5.07. The molecule has 3 atom stereocenters. The number of carboxylic acids is 1. The minimum absolute atomic E-state index is 0.0234. The predicted octanol–water partition coefficient (Wildman–Crippen LogP) is 2.13. The summed E-state index contributed by atoms with van der Waals surface area (Å²) in [5.74, 6) is -1.37. The molecule has 3 N–H and O–H groups in total. The molecule has 2 aromatic rings. The van der Waals surface area contributed by atoms with E-state index in [0.717, 1.165) is 31.7 Å². The second-order valence-corrected chi connectivity index (χ2v) is 8.80. The van der Waals surface area contributed by atoms with Crippen LogP contribution in [0.2, 0.25) is 0 Å². The lowest BCUT2D eigenvalue weighted by molar-refractivity contribution is 0.00277. The molecule has 1 saturated heterocycles. The highest BCUT2D eigenvalue weighted by Gasteiger charge is 2.51. The highest BCUT2D eigenvalue weighted by atomic mass is 19.1. The third kappa shape index (κ3) is 2.47. The van der Waals surface area contributed by atoms with Crippen LogP contribution in [0.3, 0.4) is 0 Å². The number of anilines is 1. The molecule has 3 aliphatic rings. The molecular weight excluding hydrogens is 363 g/mol. The molecule has 2 saturated carbocycles. The molecule has 5 rings (SSSR count). The number of aromatic nitrogens is 2. The number of rotatable bonds is 3. The van der Waals surface area contributed by atoms with Crippen molar-refractivity contribution in [2.75, 3.05) is 18.0 Å². The maximum absolute atomic E-state index is 15.0. The number of nitrogens with zero attached hydrogens (tertiary/aromatic N) is 3. The van der Waals surface area contributed by atoms with E-state index in [1.54, 1.807) is 4.57 Å². The van der Waals surface area contributed by atoms with Crippen molar-refractivity contribution in [3.05, 3.63) is 33.9 Å². The topological polar surface area (TPSA) is 101 Å². The van der Waals surface area contributed by atoms with Crippen molar-refractivity contribution in [2.24, 2.45) is 17.1 Å². The molecule has 3 heterocycles. The lowest BCUT2D eigenvalue weighted by atomic mass is 9.55. The van der Waals surface area contributed by atoms with E-state index in [2.05, 4.69) is 11.9 Å². The number of hydrogen-bond acceptors (Lipinski definition) is 5. The summed E-state index contributed by atoms with van der Waals surface area (Å²) in [7, 11) is 0. The maximum atomic E-state index is 15.0. The number of carbonyl (C=O) groups is 1. The molecule has 28 heavy (non-hydrogen) atoms. The third-order valence-electron chi connectivity index (χ3n) is 6.89. The van der Waals surface area contributed by atoms with Crippen LogP contribution in [0.25, 0.3) is 11.0 Å². The minimum Gasteiger partial charge on any atom is -0.477 e. The lowest BCUT2D eigenvalue weighted by Gasteiger charge is -2.57. The minimum atomic E-state index is -1.31. The largest absolute Gasteiger partial charge is 0.477 e. The van der Waals surface area contributed by atoms with E-state index in [0.29, 0.717) is 24.7 Å². The van der Waals surface area contributed by atoms with Gasteiger partial charge in [0.1, 0.15) is 11.2 Å². The highest BCUT2D eigenvalue weighted by molar-refractivity contribution is 5.92. The van der Waals surface area contributed by atoms with Gasteiger partial charge in [0.2, 0.25) is 5.43 Å². The third-order valence-corrected chi connectivity index (χ3v) is 6.89. The van der Waals surface area contributed by atoms with Gasteiger partial charge in [0.05, 0.1) is 5.39 Å². The van der Waals surface area contributed by atoms with Gasteiger partial charge in [-0.2, -0.15) is 0 Å². The van der Waals surface area contributed by atoms with Gasteiger partial charge in [-0.3, -0.25) is 4.79 Å². The summed E-state index contributed by atoms with van der Waals surface area (Å²) in [6, 6.07) is 1.38. The SMILES string of the molecule is CC12CCN(c3nc4c(cc3F)c(=O)c(C(=O)O)cn4C3CC3)CC1C(N)C2. The average molecular weight is 386 g/mol. The molecule has 8 heteroatoms. The monoisotopic (exact) mass is 386 g/mol. The van der Waals surface area contributed by atoms with Crippen molar-refractivity contribution in [1.29, 1.82) is 0 Å². The molecule has 0 radical (unpaired) electrons. The number of halogens is 1. The number of piperidine rings is 1. The number of aromatic carboxylic acids is 1. The van der Waals surface area contributed by atoms with E-state index in [9.17, 15) is 19.1 Å². The Hall–Kier alpha value is -2.48. The molecule has 0 bridgehead atoms. The van der Waals surface area contributed by atoms with Crippen LogP contribution < -0.4 is 16.1 Å². The molecule has 3 fully saturated rings. The number of hydrogen-bond donors (Lipinski definition) is 2. The maximum Gasteiger partial charge on any atom is 0.341 e. The van der Waals surface area contributed by atoms with Crippen molar-refractivity contribution in [3.8, 4) is 0 Å². The highest BCUT2D eigenvalue weighted by Crippen LogP contribution is 2.51. The molecule has 3 unspecified atom stereocenters. The van der Waals surface area contributed by atoms with Crippen LogP contribution in [0.1, 0.15) is 49.0 Å².